The van der Waals surface area contributed by atoms with E-state index in [1.807, 2.05) is 0 Å². The summed E-state index contributed by atoms with van der Waals surface area (Å²) in [6.45, 7) is 0. The molecule has 38 heavy (non-hydrogen) atoms. The summed E-state index contributed by atoms with van der Waals surface area (Å²) in [5.74, 6) is -3.79. The number of hydrogen-bond acceptors (Lipinski definition) is 5. The van der Waals surface area contributed by atoms with Gasteiger partial charge in [-0.05, 0) is 36.4 Å². The van der Waals surface area contributed by atoms with Crippen LogP contribution in [0, 0.1) is 0 Å². The van der Waals surface area contributed by atoms with E-state index in [9.17, 15) is 44.3 Å². The zero-order valence-electron chi connectivity index (χ0n) is 18.0. The summed E-state index contributed by atoms with van der Waals surface area (Å²) in [6.07, 6.45) is -13.2. The Hall–Kier alpha value is -3.33. The highest BCUT2D eigenvalue weighted by molar-refractivity contribution is 6.20. The number of rotatable bonds is 9. The van der Waals surface area contributed by atoms with Crippen LogP contribution in [-0.4, -0.2) is 34.5 Å². The third-order valence-electron chi connectivity index (χ3n) is 4.49. The molecule has 0 spiro atoms. The molecule has 0 saturated heterocycles. The van der Waals surface area contributed by atoms with Crippen molar-refractivity contribution in [3.63, 3.8) is 0 Å². The van der Waals surface area contributed by atoms with Crippen molar-refractivity contribution in [2.75, 3.05) is 5.32 Å². The van der Waals surface area contributed by atoms with Crippen LogP contribution in [0.25, 0.3) is 11.3 Å². The van der Waals surface area contributed by atoms with Crippen LogP contribution in [0.4, 0.5) is 45.2 Å². The fourth-order valence-electron chi connectivity index (χ4n) is 2.77. The van der Waals surface area contributed by atoms with Crippen LogP contribution in [0.2, 0.25) is 0 Å². The van der Waals surface area contributed by atoms with Crippen LogP contribution >= 0.6 is 23.2 Å². The molecule has 3 rings (SSSR count). The first-order chi connectivity index (χ1) is 17.5. The van der Waals surface area contributed by atoms with Crippen LogP contribution in [0.1, 0.15) is 15.9 Å². The number of halogens is 11. The van der Waals surface area contributed by atoms with Crippen molar-refractivity contribution in [1.29, 1.82) is 0 Å². The number of ether oxygens (including phenoxy) is 2. The molecule has 1 aromatic heterocycles. The molecule has 0 aliphatic heterocycles. The molecule has 2 atom stereocenters. The van der Waals surface area contributed by atoms with E-state index >= 15 is 0 Å². The molecule has 206 valence electrons. The van der Waals surface area contributed by atoms with E-state index in [0.29, 0.717) is 24.3 Å². The lowest BCUT2D eigenvalue weighted by Crippen LogP contribution is -2.34. The van der Waals surface area contributed by atoms with Crippen molar-refractivity contribution in [1.82, 2.24) is 5.16 Å². The van der Waals surface area contributed by atoms with Gasteiger partial charge in [-0.1, -0.05) is 28.4 Å². The van der Waals surface area contributed by atoms with Crippen molar-refractivity contribution < 1.29 is 58.3 Å². The minimum absolute atomic E-state index is 0.117. The highest BCUT2D eigenvalue weighted by atomic mass is 35.5. The minimum Gasteiger partial charge on any atom is -0.429 e. The first-order valence-electron chi connectivity index (χ1n) is 9.79. The Morgan fingerprint density at radius 1 is 0.895 bits per heavy atom. The third kappa shape index (κ3) is 6.75. The van der Waals surface area contributed by atoms with Gasteiger partial charge in [0.15, 0.2) is 5.76 Å². The van der Waals surface area contributed by atoms with Gasteiger partial charge in [-0.25, -0.2) is 8.78 Å². The fourth-order valence-corrected chi connectivity index (χ4v) is 2.86. The van der Waals surface area contributed by atoms with Gasteiger partial charge in [0, 0.05) is 11.8 Å². The molecule has 0 radical (unpaired) electrons. The van der Waals surface area contributed by atoms with Gasteiger partial charge in [-0.3, -0.25) is 4.79 Å². The van der Waals surface area contributed by atoms with Gasteiger partial charge in [0.05, 0.1) is 17.3 Å². The number of amides is 1. The second-order valence-electron chi connectivity index (χ2n) is 7.18. The van der Waals surface area contributed by atoms with Crippen molar-refractivity contribution >= 4 is 34.8 Å². The van der Waals surface area contributed by atoms with Gasteiger partial charge in [0.25, 0.3) is 17.2 Å². The summed E-state index contributed by atoms with van der Waals surface area (Å²) in [5.41, 5.74) is -8.99. The Morgan fingerprint density at radius 2 is 1.47 bits per heavy atom. The Kier molecular flexibility index (Phi) is 8.31. The summed E-state index contributed by atoms with van der Waals surface area (Å²) in [4.78, 5) is 12.7. The van der Waals surface area contributed by atoms with Crippen molar-refractivity contribution in [2.24, 2.45) is 0 Å². The first kappa shape index (κ1) is 29.2. The van der Waals surface area contributed by atoms with E-state index in [1.54, 1.807) is 0 Å². The molecule has 2 unspecified atom stereocenters. The number of nitrogens with one attached hydrogen (secondary N) is 1. The third-order valence-corrected chi connectivity index (χ3v) is 5.00. The topological polar surface area (TPSA) is 73.6 Å². The largest absolute Gasteiger partial charge is 0.444 e. The van der Waals surface area contributed by atoms with Crippen LogP contribution in [0.5, 0.6) is 11.5 Å². The van der Waals surface area contributed by atoms with E-state index in [0.717, 1.165) is 24.4 Å². The maximum atomic E-state index is 13.9. The highest BCUT2D eigenvalue weighted by Gasteiger charge is 2.44. The average Bonchev–Trinajstić information content (AvgIpc) is 3.28. The Labute approximate surface area is 216 Å². The molecule has 2 aromatic carbocycles. The summed E-state index contributed by atoms with van der Waals surface area (Å²) in [5, 5.41) is 5.56. The van der Waals surface area contributed by atoms with Gasteiger partial charge in [0.1, 0.15) is 17.1 Å². The number of anilines is 1. The molecule has 17 heteroatoms. The highest BCUT2D eigenvalue weighted by Crippen LogP contribution is 2.41. The Balaban J connectivity index is 1.98. The van der Waals surface area contributed by atoms with Crippen molar-refractivity contribution in [3.8, 4) is 22.8 Å². The van der Waals surface area contributed by atoms with Gasteiger partial charge < -0.3 is 19.3 Å². The molecule has 1 amide bonds. The molecular weight excluding hydrogens is 586 g/mol. The molecule has 6 nitrogen and oxygen atoms in total. The number of alkyl halides is 11. The lowest BCUT2D eigenvalue weighted by molar-refractivity contribution is -0.201. The van der Waals surface area contributed by atoms with E-state index < -0.39 is 69.5 Å². The normalized spacial score (nSPS) is 14.1. The van der Waals surface area contributed by atoms with E-state index in [2.05, 4.69) is 31.5 Å². The van der Waals surface area contributed by atoms with Crippen LogP contribution in [0.3, 0.4) is 0 Å². The summed E-state index contributed by atoms with van der Waals surface area (Å²) < 4.78 is 132. The minimum atomic E-state index is -4.75. The summed E-state index contributed by atoms with van der Waals surface area (Å²) in [6, 6.07) is 4.99. The number of nitrogens with zero attached hydrogens (tertiary/aromatic N) is 1. The van der Waals surface area contributed by atoms with Crippen LogP contribution in [0.15, 0.2) is 53.2 Å². The SMILES string of the molecule is O=C(Nc1ccc(C(F)(F)F)cc1)c1cnoc1-c1ccc(OC(F)(F)C(F)Cl)cc1OC(F)(F)C(F)Cl. The van der Waals surface area contributed by atoms with Gasteiger partial charge in [-0.2, -0.15) is 30.7 Å². The van der Waals surface area contributed by atoms with E-state index in [1.165, 1.54) is 0 Å². The maximum absolute atomic E-state index is 13.9. The number of carbonyl (C=O) groups is 1. The maximum Gasteiger partial charge on any atom is 0.444 e. The first-order valence-corrected chi connectivity index (χ1v) is 10.7. The predicted molar refractivity (Wildman–Crippen MR) is 114 cm³/mol. The van der Waals surface area contributed by atoms with Crippen molar-refractivity contribution in [2.45, 2.75) is 29.7 Å². The molecule has 0 fully saturated rings. The molecule has 1 N–H and O–H groups in total. The van der Waals surface area contributed by atoms with Gasteiger partial charge in [0.2, 0.25) is 0 Å². The predicted octanol–water partition coefficient (Wildman–Crippen LogP) is 7.62. The lowest BCUT2D eigenvalue weighted by Gasteiger charge is -2.22. The fraction of sp³-hybridized carbons (Fsp3) is 0.238. The molecule has 1 heterocycles. The molecular formula is C21H11Cl2F9N2O4. The molecule has 3 aromatic rings. The summed E-state index contributed by atoms with van der Waals surface area (Å²) in [7, 11) is 0. The van der Waals surface area contributed by atoms with E-state index in [-0.39, 0.29) is 5.69 Å². The smallest absolute Gasteiger partial charge is 0.429 e. The molecule has 0 saturated carbocycles. The number of aromatic nitrogens is 1. The van der Waals surface area contributed by atoms with Crippen LogP contribution in [-0.2, 0) is 6.18 Å². The number of benzene rings is 2. The second kappa shape index (κ2) is 10.8. The van der Waals surface area contributed by atoms with Crippen molar-refractivity contribution in [3.05, 3.63) is 59.8 Å². The zero-order valence-corrected chi connectivity index (χ0v) is 19.5. The number of hydrogen-bond donors (Lipinski definition) is 1. The lowest BCUT2D eigenvalue weighted by atomic mass is 10.1. The molecule has 0 aliphatic rings. The Bertz CT molecular complexity index is 1280. The Morgan fingerprint density at radius 3 is 2.03 bits per heavy atom. The molecule has 0 bridgehead atoms. The van der Waals surface area contributed by atoms with Crippen LogP contribution < -0.4 is 14.8 Å². The number of carbonyl (C=O) groups excluding carboxylic acids is 1. The molecule has 0 aliphatic carbocycles. The average molecular weight is 597 g/mol. The quantitative estimate of drug-likeness (QED) is 0.203. The standard InChI is InChI=1S/C21H11Cl2F9N2O4/c22-17(24)20(29,30)36-11-5-6-12(14(7-11)37-21(31,32)18(23)25)15-13(8-33-38-15)16(35)34-10-3-1-9(2-4-10)19(26,27)28/h1-8,17-18H,(H,34,35). The summed E-state index contributed by atoms with van der Waals surface area (Å²) >= 11 is 9.45. The monoisotopic (exact) mass is 596 g/mol. The van der Waals surface area contributed by atoms with Gasteiger partial charge >= 0.3 is 18.4 Å². The van der Waals surface area contributed by atoms with Gasteiger partial charge in [-0.15, -0.1) is 0 Å². The second-order valence-corrected chi connectivity index (χ2v) is 7.95. The van der Waals surface area contributed by atoms with E-state index in [4.69, 9.17) is 16.1 Å². The zero-order chi connectivity index (χ0) is 28.5.